The van der Waals surface area contributed by atoms with Crippen molar-refractivity contribution in [2.75, 3.05) is 13.2 Å². The minimum absolute atomic E-state index is 0.202. The van der Waals surface area contributed by atoms with Crippen molar-refractivity contribution in [3.8, 4) is 0 Å². The number of nitrogens with two attached hydrogens (primary N) is 1. The number of benzene rings is 1. The van der Waals surface area contributed by atoms with Crippen LogP contribution >= 0.6 is 11.6 Å². The van der Waals surface area contributed by atoms with Crippen molar-refractivity contribution in [3.05, 3.63) is 28.8 Å². The fourth-order valence-electron chi connectivity index (χ4n) is 1.23. The van der Waals surface area contributed by atoms with Crippen molar-refractivity contribution in [1.82, 2.24) is 4.72 Å². The number of hydrogen-bond acceptors (Lipinski definition) is 4. The first-order valence-corrected chi connectivity index (χ1v) is 6.91. The van der Waals surface area contributed by atoms with E-state index in [2.05, 4.69) is 9.56 Å². The molecule has 1 aromatic carbocycles. The van der Waals surface area contributed by atoms with Crippen molar-refractivity contribution in [2.45, 2.75) is 18.2 Å². The van der Waals surface area contributed by atoms with Crippen molar-refractivity contribution in [3.63, 3.8) is 0 Å². The van der Waals surface area contributed by atoms with Gasteiger partial charge in [-0.05, 0) is 37.1 Å². The number of sulfonamides is 1. The Morgan fingerprint density at radius 1 is 1.47 bits per heavy atom. The van der Waals surface area contributed by atoms with Crippen LogP contribution in [-0.4, -0.2) is 21.6 Å². The highest BCUT2D eigenvalue weighted by molar-refractivity contribution is 7.89. The van der Waals surface area contributed by atoms with E-state index in [9.17, 15) is 8.42 Å². The third-order valence-electron chi connectivity index (χ3n) is 2.17. The van der Waals surface area contributed by atoms with Gasteiger partial charge in [-0.2, -0.15) is 0 Å². The molecule has 0 saturated carbocycles. The first-order valence-electron chi connectivity index (χ1n) is 5.05. The molecule has 0 unspecified atom stereocenters. The van der Waals surface area contributed by atoms with Gasteiger partial charge in [-0.15, -0.1) is 0 Å². The second-order valence-electron chi connectivity index (χ2n) is 3.53. The van der Waals surface area contributed by atoms with Gasteiger partial charge in [-0.1, -0.05) is 11.6 Å². The van der Waals surface area contributed by atoms with Crippen LogP contribution in [0.3, 0.4) is 0 Å². The molecule has 0 aliphatic heterocycles. The lowest BCUT2D eigenvalue weighted by Gasteiger charge is -2.07. The van der Waals surface area contributed by atoms with Gasteiger partial charge in [-0.25, -0.2) is 19.0 Å². The summed E-state index contributed by atoms with van der Waals surface area (Å²) in [5.41, 5.74) is 0.722. The number of aryl methyl sites for hydroxylation is 1. The third kappa shape index (κ3) is 4.25. The second-order valence-corrected chi connectivity index (χ2v) is 5.71. The lowest BCUT2D eigenvalue weighted by atomic mass is 10.2. The highest BCUT2D eigenvalue weighted by Crippen LogP contribution is 2.19. The van der Waals surface area contributed by atoms with Crippen LogP contribution in [-0.2, 0) is 14.9 Å². The average Bonchev–Trinajstić information content (AvgIpc) is 2.28. The minimum atomic E-state index is -3.49. The van der Waals surface area contributed by atoms with E-state index < -0.39 is 10.0 Å². The normalized spacial score (nSPS) is 11.7. The molecule has 0 spiro atoms. The molecule has 0 saturated heterocycles. The maximum Gasteiger partial charge on any atom is 0.240 e. The van der Waals surface area contributed by atoms with Crippen molar-refractivity contribution < 1.29 is 13.3 Å². The molecule has 0 atom stereocenters. The van der Waals surface area contributed by atoms with Crippen LogP contribution in [0.4, 0.5) is 0 Å². The summed E-state index contributed by atoms with van der Waals surface area (Å²) in [4.78, 5) is 4.55. The Kier molecular flexibility index (Phi) is 5.35. The van der Waals surface area contributed by atoms with Crippen LogP contribution < -0.4 is 10.6 Å². The smallest absolute Gasteiger partial charge is 0.240 e. The van der Waals surface area contributed by atoms with Crippen LogP contribution in [0.1, 0.15) is 12.0 Å². The molecule has 17 heavy (non-hydrogen) atoms. The molecule has 1 aromatic rings. The fourth-order valence-corrected chi connectivity index (χ4v) is 2.51. The number of nitrogens with one attached hydrogen (secondary N) is 1. The SMILES string of the molecule is Cc1cc(S(=O)(=O)NCCCON)ccc1Cl. The standard InChI is InChI=1S/C10H15ClN2O3S/c1-8-7-9(3-4-10(8)11)17(14,15)13-5-2-6-16-12/h3-4,7,13H,2,5-6,12H2,1H3. The molecule has 0 radical (unpaired) electrons. The zero-order valence-corrected chi connectivity index (χ0v) is 11.0. The van der Waals surface area contributed by atoms with Crippen molar-refractivity contribution >= 4 is 21.6 Å². The van der Waals surface area contributed by atoms with Crippen molar-refractivity contribution in [1.29, 1.82) is 0 Å². The second kappa shape index (κ2) is 6.32. The largest absolute Gasteiger partial charge is 0.305 e. The summed E-state index contributed by atoms with van der Waals surface area (Å²) in [6.45, 7) is 2.34. The third-order valence-corrected chi connectivity index (χ3v) is 4.05. The molecule has 0 aliphatic carbocycles. The van der Waals surface area contributed by atoms with Crippen LogP contribution in [0.2, 0.25) is 5.02 Å². The Balaban J connectivity index is 2.72. The molecular weight excluding hydrogens is 264 g/mol. The van der Waals surface area contributed by atoms with Gasteiger partial charge < -0.3 is 4.84 Å². The molecular formula is C10H15ClN2O3S. The predicted octanol–water partition coefficient (Wildman–Crippen LogP) is 1.21. The number of halogens is 1. The van der Waals surface area contributed by atoms with Gasteiger partial charge in [-0.3, -0.25) is 0 Å². The maximum atomic E-state index is 11.8. The Morgan fingerprint density at radius 2 is 2.18 bits per heavy atom. The van der Waals surface area contributed by atoms with E-state index >= 15 is 0 Å². The predicted molar refractivity (Wildman–Crippen MR) is 66.1 cm³/mol. The first-order chi connectivity index (χ1) is 7.97. The van der Waals surface area contributed by atoms with Gasteiger partial charge >= 0.3 is 0 Å². The lowest BCUT2D eigenvalue weighted by Crippen LogP contribution is -2.26. The summed E-state index contributed by atoms with van der Waals surface area (Å²) in [7, 11) is -3.49. The van der Waals surface area contributed by atoms with E-state index in [1.165, 1.54) is 12.1 Å². The zero-order valence-electron chi connectivity index (χ0n) is 9.44. The van der Waals surface area contributed by atoms with Gasteiger partial charge in [0, 0.05) is 11.6 Å². The number of hydrogen-bond donors (Lipinski definition) is 2. The summed E-state index contributed by atoms with van der Waals surface area (Å²) in [5.74, 6) is 4.83. The van der Waals surface area contributed by atoms with E-state index in [0.29, 0.717) is 18.1 Å². The van der Waals surface area contributed by atoms with Crippen LogP contribution in [0.25, 0.3) is 0 Å². The molecule has 96 valence electrons. The quantitative estimate of drug-likeness (QED) is 0.605. The highest BCUT2D eigenvalue weighted by atomic mass is 35.5. The maximum absolute atomic E-state index is 11.8. The van der Waals surface area contributed by atoms with Crippen LogP contribution in [0.15, 0.2) is 23.1 Å². The molecule has 0 aromatic heterocycles. The zero-order chi connectivity index (χ0) is 12.9. The van der Waals surface area contributed by atoms with Gasteiger partial charge in [0.15, 0.2) is 0 Å². The van der Waals surface area contributed by atoms with E-state index in [4.69, 9.17) is 17.5 Å². The Hall–Kier alpha value is -0.660. The summed E-state index contributed by atoms with van der Waals surface area (Å²) in [5, 5.41) is 0.542. The van der Waals surface area contributed by atoms with E-state index in [0.717, 1.165) is 5.56 Å². The van der Waals surface area contributed by atoms with Crippen LogP contribution in [0.5, 0.6) is 0 Å². The van der Waals surface area contributed by atoms with Gasteiger partial charge in [0.2, 0.25) is 10.0 Å². The molecule has 0 fully saturated rings. The van der Waals surface area contributed by atoms with E-state index in [-0.39, 0.29) is 11.4 Å². The summed E-state index contributed by atoms with van der Waals surface area (Å²) < 4.78 is 26.1. The monoisotopic (exact) mass is 278 g/mol. The minimum Gasteiger partial charge on any atom is -0.305 e. The summed E-state index contributed by atoms with van der Waals surface area (Å²) in [6, 6.07) is 4.57. The molecule has 1 rings (SSSR count). The average molecular weight is 279 g/mol. The van der Waals surface area contributed by atoms with Gasteiger partial charge in [0.05, 0.1) is 11.5 Å². The van der Waals surface area contributed by atoms with Crippen LogP contribution in [0, 0.1) is 6.92 Å². The fraction of sp³-hybridized carbons (Fsp3) is 0.400. The molecule has 0 amide bonds. The molecule has 0 heterocycles. The lowest BCUT2D eigenvalue weighted by molar-refractivity contribution is 0.136. The highest BCUT2D eigenvalue weighted by Gasteiger charge is 2.13. The van der Waals surface area contributed by atoms with Gasteiger partial charge in [0.1, 0.15) is 0 Å². The Bertz CT molecular complexity index is 476. The van der Waals surface area contributed by atoms with E-state index in [1.807, 2.05) is 0 Å². The molecule has 0 bridgehead atoms. The number of rotatable bonds is 6. The van der Waals surface area contributed by atoms with Gasteiger partial charge in [0.25, 0.3) is 0 Å². The Labute approximate surface area is 106 Å². The Morgan fingerprint density at radius 3 is 2.76 bits per heavy atom. The topological polar surface area (TPSA) is 81.4 Å². The molecule has 5 nitrogen and oxygen atoms in total. The molecule has 7 heteroatoms. The molecule has 3 N–H and O–H groups in total. The van der Waals surface area contributed by atoms with E-state index in [1.54, 1.807) is 13.0 Å². The summed E-state index contributed by atoms with van der Waals surface area (Å²) >= 11 is 5.83. The van der Waals surface area contributed by atoms with Crippen molar-refractivity contribution in [2.24, 2.45) is 5.90 Å². The molecule has 0 aliphatic rings. The summed E-state index contributed by atoms with van der Waals surface area (Å²) in [6.07, 6.45) is 0.516. The first kappa shape index (κ1) is 14.4.